The van der Waals surface area contributed by atoms with Crippen molar-refractivity contribution >= 4 is 0 Å². The fourth-order valence-corrected chi connectivity index (χ4v) is 4.91. The Morgan fingerprint density at radius 2 is 1.10 bits per heavy atom. The van der Waals surface area contributed by atoms with Crippen molar-refractivity contribution in [1.29, 1.82) is 0 Å². The first-order valence-electron chi connectivity index (χ1n) is 11.2. The van der Waals surface area contributed by atoms with E-state index >= 15 is 0 Å². The molecule has 3 aromatic carbocycles. The van der Waals surface area contributed by atoms with Gasteiger partial charge in [0.25, 0.3) is 0 Å². The Morgan fingerprint density at radius 1 is 0.667 bits per heavy atom. The fourth-order valence-electron chi connectivity index (χ4n) is 4.91. The summed E-state index contributed by atoms with van der Waals surface area (Å²) in [6.07, 6.45) is 4.88. The zero-order valence-electron chi connectivity index (χ0n) is 17.6. The van der Waals surface area contributed by atoms with Crippen molar-refractivity contribution in [3.8, 4) is 0 Å². The standard InChI is InChI=1S/C27H33N3/c28-20-21-29-25-18-10-11-19-26(25)30-27(22-12-4-1-5-13-22,23-14-6-2-7-15-23)24-16-8-3-9-17-24/h1-9,12-17,25-26,29-30H,10-11,18-21,28H2/t25?,26-/m1/s1. The normalized spacial score (nSPS) is 19.5. The molecule has 0 aromatic heterocycles. The van der Waals surface area contributed by atoms with Crippen molar-refractivity contribution in [3.05, 3.63) is 108 Å². The van der Waals surface area contributed by atoms with Crippen LogP contribution in [0.2, 0.25) is 0 Å². The van der Waals surface area contributed by atoms with E-state index in [4.69, 9.17) is 5.73 Å². The van der Waals surface area contributed by atoms with Gasteiger partial charge in [0.1, 0.15) is 0 Å². The van der Waals surface area contributed by atoms with Crippen LogP contribution in [0.15, 0.2) is 91.0 Å². The van der Waals surface area contributed by atoms with Crippen LogP contribution in [0, 0.1) is 0 Å². The molecule has 4 N–H and O–H groups in total. The molecule has 4 rings (SSSR count). The summed E-state index contributed by atoms with van der Waals surface area (Å²) in [5.74, 6) is 0. The Balaban J connectivity index is 1.84. The zero-order valence-corrected chi connectivity index (χ0v) is 17.6. The maximum absolute atomic E-state index is 5.81. The third-order valence-electron chi connectivity index (χ3n) is 6.34. The second-order valence-electron chi connectivity index (χ2n) is 8.23. The van der Waals surface area contributed by atoms with Crippen molar-refractivity contribution in [2.45, 2.75) is 43.3 Å². The van der Waals surface area contributed by atoms with Gasteiger partial charge in [-0.1, -0.05) is 104 Å². The van der Waals surface area contributed by atoms with E-state index in [2.05, 4.69) is 102 Å². The molecule has 0 bridgehead atoms. The quantitative estimate of drug-likeness (QED) is 0.491. The van der Waals surface area contributed by atoms with Crippen LogP contribution in [0.3, 0.4) is 0 Å². The molecule has 0 amide bonds. The SMILES string of the molecule is NCCNC1CCCC[C@H]1NC(c1ccccc1)(c1ccccc1)c1ccccc1. The Bertz CT molecular complexity index is 783. The lowest BCUT2D eigenvalue weighted by Crippen LogP contribution is -2.58. The van der Waals surface area contributed by atoms with Crippen LogP contribution in [0.25, 0.3) is 0 Å². The van der Waals surface area contributed by atoms with Crippen LogP contribution in [-0.4, -0.2) is 25.2 Å². The minimum absolute atomic E-state index is 0.367. The highest BCUT2D eigenvalue weighted by Crippen LogP contribution is 2.38. The largest absolute Gasteiger partial charge is 0.329 e. The van der Waals surface area contributed by atoms with Gasteiger partial charge in [-0.05, 0) is 29.5 Å². The van der Waals surface area contributed by atoms with Gasteiger partial charge in [-0.2, -0.15) is 0 Å². The third-order valence-corrected chi connectivity index (χ3v) is 6.34. The average molecular weight is 400 g/mol. The number of benzene rings is 3. The molecule has 2 atom stereocenters. The first kappa shape index (κ1) is 20.8. The molecular formula is C27H33N3. The van der Waals surface area contributed by atoms with Gasteiger partial charge in [-0.15, -0.1) is 0 Å². The molecule has 1 aliphatic carbocycles. The molecule has 1 fully saturated rings. The fraction of sp³-hybridized carbons (Fsp3) is 0.333. The molecule has 3 aromatic rings. The minimum Gasteiger partial charge on any atom is -0.329 e. The Labute approximate surface area is 180 Å². The summed E-state index contributed by atoms with van der Waals surface area (Å²) in [6.45, 7) is 1.53. The number of rotatable bonds is 8. The van der Waals surface area contributed by atoms with Gasteiger partial charge in [-0.3, -0.25) is 5.32 Å². The lowest BCUT2D eigenvalue weighted by Gasteiger charge is -2.44. The van der Waals surface area contributed by atoms with E-state index < -0.39 is 5.54 Å². The molecule has 0 heterocycles. The second kappa shape index (κ2) is 10.0. The Hall–Kier alpha value is -2.46. The van der Waals surface area contributed by atoms with Gasteiger partial charge in [0.15, 0.2) is 0 Å². The van der Waals surface area contributed by atoms with Gasteiger partial charge in [0.2, 0.25) is 0 Å². The molecule has 3 nitrogen and oxygen atoms in total. The molecule has 1 unspecified atom stereocenters. The summed E-state index contributed by atoms with van der Waals surface area (Å²) in [6, 6.07) is 33.4. The Morgan fingerprint density at radius 3 is 1.53 bits per heavy atom. The van der Waals surface area contributed by atoms with Crippen LogP contribution >= 0.6 is 0 Å². The topological polar surface area (TPSA) is 50.1 Å². The predicted molar refractivity (Wildman–Crippen MR) is 125 cm³/mol. The average Bonchev–Trinajstić information content (AvgIpc) is 2.83. The van der Waals surface area contributed by atoms with Gasteiger partial charge in [0.05, 0.1) is 5.54 Å². The summed E-state index contributed by atoms with van der Waals surface area (Å²) in [5.41, 5.74) is 9.21. The van der Waals surface area contributed by atoms with Gasteiger partial charge in [-0.25, -0.2) is 0 Å². The van der Waals surface area contributed by atoms with Crippen molar-refractivity contribution in [2.75, 3.05) is 13.1 Å². The van der Waals surface area contributed by atoms with Gasteiger partial charge in [0, 0.05) is 25.2 Å². The van der Waals surface area contributed by atoms with E-state index in [-0.39, 0.29) is 0 Å². The van der Waals surface area contributed by atoms with Crippen molar-refractivity contribution in [2.24, 2.45) is 5.73 Å². The molecule has 1 saturated carbocycles. The predicted octanol–water partition coefficient (Wildman–Crippen LogP) is 4.43. The van der Waals surface area contributed by atoms with Crippen LogP contribution in [0.5, 0.6) is 0 Å². The summed E-state index contributed by atoms with van der Waals surface area (Å²) < 4.78 is 0. The van der Waals surface area contributed by atoms with E-state index in [0.29, 0.717) is 18.6 Å². The molecular weight excluding hydrogens is 366 g/mol. The van der Waals surface area contributed by atoms with Gasteiger partial charge >= 0.3 is 0 Å². The summed E-state index contributed by atoms with van der Waals surface area (Å²) in [4.78, 5) is 0. The number of nitrogens with one attached hydrogen (secondary N) is 2. The second-order valence-corrected chi connectivity index (χ2v) is 8.23. The maximum atomic E-state index is 5.81. The lowest BCUT2D eigenvalue weighted by atomic mass is 9.75. The molecule has 0 spiro atoms. The third kappa shape index (κ3) is 4.34. The number of hydrogen-bond donors (Lipinski definition) is 3. The van der Waals surface area contributed by atoms with E-state index in [1.165, 1.54) is 36.0 Å². The van der Waals surface area contributed by atoms with Crippen LogP contribution in [0.4, 0.5) is 0 Å². The summed E-state index contributed by atoms with van der Waals surface area (Å²) in [7, 11) is 0. The monoisotopic (exact) mass is 399 g/mol. The molecule has 0 aliphatic heterocycles. The smallest absolute Gasteiger partial charge is 0.0950 e. The highest BCUT2D eigenvalue weighted by molar-refractivity contribution is 5.49. The summed E-state index contributed by atoms with van der Waals surface area (Å²) in [5, 5.41) is 7.88. The zero-order chi connectivity index (χ0) is 20.7. The van der Waals surface area contributed by atoms with Crippen LogP contribution < -0.4 is 16.4 Å². The number of nitrogens with two attached hydrogens (primary N) is 1. The van der Waals surface area contributed by atoms with Crippen molar-refractivity contribution < 1.29 is 0 Å². The van der Waals surface area contributed by atoms with Crippen molar-refractivity contribution in [3.63, 3.8) is 0 Å². The lowest BCUT2D eigenvalue weighted by molar-refractivity contribution is 0.249. The van der Waals surface area contributed by atoms with Gasteiger partial charge < -0.3 is 11.1 Å². The molecule has 3 heteroatoms. The van der Waals surface area contributed by atoms with E-state index in [1.807, 2.05) is 0 Å². The first-order chi connectivity index (χ1) is 14.8. The van der Waals surface area contributed by atoms with Crippen molar-refractivity contribution in [1.82, 2.24) is 10.6 Å². The van der Waals surface area contributed by atoms with Crippen LogP contribution in [-0.2, 0) is 5.54 Å². The number of hydrogen-bond acceptors (Lipinski definition) is 3. The molecule has 1 aliphatic rings. The highest BCUT2D eigenvalue weighted by atomic mass is 15.1. The minimum atomic E-state index is -0.408. The molecule has 0 radical (unpaired) electrons. The van der Waals surface area contributed by atoms with E-state index in [0.717, 1.165) is 13.0 Å². The highest BCUT2D eigenvalue weighted by Gasteiger charge is 2.40. The van der Waals surface area contributed by atoms with Crippen LogP contribution in [0.1, 0.15) is 42.4 Å². The summed E-state index contributed by atoms with van der Waals surface area (Å²) >= 11 is 0. The Kier molecular flexibility index (Phi) is 6.96. The first-order valence-corrected chi connectivity index (χ1v) is 11.2. The van der Waals surface area contributed by atoms with E-state index in [9.17, 15) is 0 Å². The molecule has 156 valence electrons. The molecule has 0 saturated heterocycles. The molecule has 30 heavy (non-hydrogen) atoms. The maximum Gasteiger partial charge on any atom is 0.0950 e. The van der Waals surface area contributed by atoms with E-state index in [1.54, 1.807) is 0 Å².